The van der Waals surface area contributed by atoms with Crippen LogP contribution < -0.4 is 14.5 Å². The van der Waals surface area contributed by atoms with Crippen molar-refractivity contribution < 1.29 is 4.74 Å². The van der Waals surface area contributed by atoms with Crippen LogP contribution in [0.15, 0.2) is 170 Å². The summed E-state index contributed by atoms with van der Waals surface area (Å²) >= 11 is 0. The smallest absolute Gasteiger partial charge is 0.138 e. The molecule has 1 heterocycles. The van der Waals surface area contributed by atoms with Gasteiger partial charge in [-0.05, 0) is 83.7 Å². The molecule has 0 bridgehead atoms. The minimum atomic E-state index is 0.855. The molecule has 0 N–H and O–H groups in total. The molecule has 7 aromatic rings. The largest absolute Gasteiger partial charge is 0.456 e. The lowest BCUT2D eigenvalue weighted by Crippen LogP contribution is -2.11. The number of ether oxygens (including phenoxy) is 1. The van der Waals surface area contributed by atoms with E-state index in [1.165, 1.54) is 5.56 Å². The number of hydrogen-bond acceptors (Lipinski definition) is 3. The minimum Gasteiger partial charge on any atom is -0.456 e. The third kappa shape index (κ3) is 4.48. The van der Waals surface area contributed by atoms with Gasteiger partial charge in [-0.3, -0.25) is 0 Å². The van der Waals surface area contributed by atoms with Crippen LogP contribution in [0.1, 0.15) is 0 Å². The summed E-state index contributed by atoms with van der Waals surface area (Å²) in [6.45, 7) is 0. The van der Waals surface area contributed by atoms with Crippen LogP contribution >= 0.6 is 0 Å². The quantitative estimate of drug-likeness (QED) is 0.204. The van der Waals surface area contributed by atoms with Crippen LogP contribution in [-0.2, 0) is 0 Å². The maximum absolute atomic E-state index is 6.71. The molecular weight excluding hydrogens is 524 g/mol. The Bertz CT molecular complexity index is 1960. The Balaban J connectivity index is 1.28. The molecule has 0 saturated carbocycles. The van der Waals surface area contributed by atoms with Crippen molar-refractivity contribution in [2.24, 2.45) is 0 Å². The summed E-state index contributed by atoms with van der Waals surface area (Å²) < 4.78 is 6.71. The molecule has 7 aromatic carbocycles. The summed E-state index contributed by atoms with van der Waals surface area (Å²) in [6, 6.07) is 59.4. The monoisotopic (exact) mass is 552 g/mol. The summed E-state index contributed by atoms with van der Waals surface area (Å²) in [5.41, 5.74) is 8.80. The van der Waals surface area contributed by atoms with Gasteiger partial charge in [-0.1, -0.05) is 91.0 Å². The zero-order valence-electron chi connectivity index (χ0n) is 23.5. The maximum atomic E-state index is 6.71. The first-order chi connectivity index (χ1) is 21.3. The standard InChI is InChI=1S/C40H28N2O/c1-5-15-30(16-6-1)41(31-17-7-2-8-18-31)34-24-25-38-37(27-34)36-23-13-14-29-26-35(28-39(43-38)40(29)36)42(32-19-9-3-10-20-32)33-21-11-4-12-22-33/h1-28H. The van der Waals surface area contributed by atoms with Crippen molar-refractivity contribution in [2.45, 2.75) is 0 Å². The molecule has 0 unspecified atom stereocenters. The number of benzene rings is 7. The van der Waals surface area contributed by atoms with Gasteiger partial charge in [-0.25, -0.2) is 0 Å². The van der Waals surface area contributed by atoms with Crippen molar-refractivity contribution in [3.63, 3.8) is 0 Å². The molecule has 43 heavy (non-hydrogen) atoms. The van der Waals surface area contributed by atoms with Gasteiger partial charge in [0.05, 0.1) is 5.69 Å². The van der Waals surface area contributed by atoms with Crippen molar-refractivity contribution in [3.8, 4) is 22.6 Å². The Morgan fingerprint density at radius 2 is 0.837 bits per heavy atom. The fourth-order valence-corrected chi connectivity index (χ4v) is 6.08. The van der Waals surface area contributed by atoms with Gasteiger partial charge in [0.1, 0.15) is 11.5 Å². The lowest BCUT2D eigenvalue weighted by Gasteiger charge is -2.29. The zero-order chi connectivity index (χ0) is 28.6. The van der Waals surface area contributed by atoms with Gasteiger partial charge in [-0.15, -0.1) is 0 Å². The summed E-state index contributed by atoms with van der Waals surface area (Å²) in [6.07, 6.45) is 0. The number of rotatable bonds is 6. The molecule has 0 aromatic heterocycles. The Morgan fingerprint density at radius 1 is 0.326 bits per heavy atom. The van der Waals surface area contributed by atoms with Crippen LogP contribution in [0, 0.1) is 0 Å². The predicted octanol–water partition coefficient (Wildman–Crippen LogP) is 11.6. The second-order valence-electron chi connectivity index (χ2n) is 10.6. The highest BCUT2D eigenvalue weighted by Gasteiger charge is 2.24. The van der Waals surface area contributed by atoms with Crippen molar-refractivity contribution in [2.75, 3.05) is 9.80 Å². The van der Waals surface area contributed by atoms with Gasteiger partial charge >= 0.3 is 0 Å². The van der Waals surface area contributed by atoms with E-state index in [-0.39, 0.29) is 0 Å². The van der Waals surface area contributed by atoms with Crippen LogP contribution in [0.3, 0.4) is 0 Å². The van der Waals surface area contributed by atoms with Gasteiger partial charge < -0.3 is 14.5 Å². The third-order valence-corrected chi connectivity index (χ3v) is 7.97. The molecule has 0 atom stereocenters. The highest BCUT2D eigenvalue weighted by Crippen LogP contribution is 2.51. The third-order valence-electron chi connectivity index (χ3n) is 7.97. The first kappa shape index (κ1) is 25.0. The molecule has 204 valence electrons. The Morgan fingerprint density at radius 3 is 1.37 bits per heavy atom. The summed E-state index contributed by atoms with van der Waals surface area (Å²) in [7, 11) is 0. The molecule has 1 aliphatic rings. The first-order valence-electron chi connectivity index (χ1n) is 14.5. The number of fused-ring (bicyclic) bond motifs is 2. The normalized spacial score (nSPS) is 11.4. The number of para-hydroxylation sites is 4. The summed E-state index contributed by atoms with van der Waals surface area (Å²) in [5, 5.41) is 2.27. The molecule has 8 rings (SSSR count). The van der Waals surface area contributed by atoms with Gasteiger partial charge in [0.15, 0.2) is 0 Å². The Labute approximate surface area is 251 Å². The number of hydrogen-bond donors (Lipinski definition) is 0. The number of nitrogens with zero attached hydrogens (tertiary/aromatic N) is 2. The van der Waals surface area contributed by atoms with Crippen LogP contribution in [0.25, 0.3) is 21.9 Å². The molecule has 3 nitrogen and oxygen atoms in total. The number of anilines is 6. The fraction of sp³-hybridized carbons (Fsp3) is 0. The van der Waals surface area contributed by atoms with Gasteiger partial charge in [0.25, 0.3) is 0 Å². The van der Waals surface area contributed by atoms with Gasteiger partial charge in [-0.2, -0.15) is 0 Å². The highest BCUT2D eigenvalue weighted by molar-refractivity contribution is 6.06. The van der Waals surface area contributed by atoms with E-state index in [9.17, 15) is 0 Å². The molecule has 0 amide bonds. The van der Waals surface area contributed by atoms with E-state index in [0.717, 1.165) is 62.0 Å². The van der Waals surface area contributed by atoms with Crippen LogP contribution in [0.5, 0.6) is 11.5 Å². The molecular formula is C40H28N2O. The molecule has 3 heteroatoms. The van der Waals surface area contributed by atoms with Gasteiger partial charge in [0.2, 0.25) is 0 Å². The second-order valence-corrected chi connectivity index (χ2v) is 10.6. The van der Waals surface area contributed by atoms with Crippen molar-refractivity contribution >= 4 is 44.9 Å². The first-order valence-corrected chi connectivity index (χ1v) is 14.5. The lowest BCUT2D eigenvalue weighted by atomic mass is 9.93. The molecule has 0 saturated heterocycles. The minimum absolute atomic E-state index is 0.855. The maximum Gasteiger partial charge on any atom is 0.138 e. The van der Waals surface area contributed by atoms with E-state index >= 15 is 0 Å². The van der Waals surface area contributed by atoms with E-state index in [4.69, 9.17) is 4.74 Å². The Kier molecular flexibility index (Phi) is 6.12. The molecule has 0 radical (unpaired) electrons. The van der Waals surface area contributed by atoms with Crippen molar-refractivity contribution in [1.29, 1.82) is 0 Å². The van der Waals surface area contributed by atoms with Crippen molar-refractivity contribution in [1.82, 2.24) is 0 Å². The Hall–Kier alpha value is -5.80. The summed E-state index contributed by atoms with van der Waals surface area (Å²) in [5.74, 6) is 1.72. The molecule has 1 aliphatic heterocycles. The molecule has 0 fully saturated rings. The average Bonchev–Trinajstić information content (AvgIpc) is 3.07. The van der Waals surface area contributed by atoms with E-state index in [1.54, 1.807) is 0 Å². The second kappa shape index (κ2) is 10.6. The van der Waals surface area contributed by atoms with E-state index < -0.39 is 0 Å². The zero-order valence-corrected chi connectivity index (χ0v) is 23.5. The van der Waals surface area contributed by atoms with Crippen LogP contribution in [0.4, 0.5) is 34.1 Å². The van der Waals surface area contributed by atoms with Crippen LogP contribution in [-0.4, -0.2) is 0 Å². The van der Waals surface area contributed by atoms with Crippen molar-refractivity contribution in [3.05, 3.63) is 170 Å². The van der Waals surface area contributed by atoms with Gasteiger partial charge in [0, 0.05) is 45.5 Å². The highest BCUT2D eigenvalue weighted by atomic mass is 16.5. The van der Waals surface area contributed by atoms with E-state index in [0.29, 0.717) is 0 Å². The van der Waals surface area contributed by atoms with Crippen LogP contribution in [0.2, 0.25) is 0 Å². The lowest BCUT2D eigenvalue weighted by molar-refractivity contribution is 0.487. The predicted molar refractivity (Wildman–Crippen MR) is 179 cm³/mol. The van der Waals surface area contributed by atoms with E-state index in [1.807, 2.05) is 12.1 Å². The molecule has 0 spiro atoms. The van der Waals surface area contributed by atoms with E-state index in [2.05, 4.69) is 168 Å². The fourth-order valence-electron chi connectivity index (χ4n) is 6.08. The molecule has 0 aliphatic carbocycles. The average molecular weight is 553 g/mol. The SMILES string of the molecule is c1ccc(N(c2ccccc2)c2ccc3c(c2)-c2cccc4cc(N(c5ccccc5)c5ccccc5)cc(c24)O3)cc1. The topological polar surface area (TPSA) is 15.7 Å². The summed E-state index contributed by atoms with van der Waals surface area (Å²) in [4.78, 5) is 4.57.